The van der Waals surface area contributed by atoms with Gasteiger partial charge >= 0.3 is 0 Å². The fourth-order valence-corrected chi connectivity index (χ4v) is 2.59. The van der Waals surface area contributed by atoms with Crippen molar-refractivity contribution in [2.45, 2.75) is 57.6 Å². The van der Waals surface area contributed by atoms with Crippen LogP contribution in [0.5, 0.6) is 0 Å². The van der Waals surface area contributed by atoms with E-state index in [1.807, 2.05) is 0 Å². The summed E-state index contributed by atoms with van der Waals surface area (Å²) in [7, 11) is 1.76. The molecule has 1 aromatic carbocycles. The Morgan fingerprint density at radius 2 is 2.00 bits per heavy atom. The molecule has 1 atom stereocenters. The summed E-state index contributed by atoms with van der Waals surface area (Å²) in [6.07, 6.45) is 5.72. The fraction of sp³-hybridized carbons (Fsp3) is 0.625. The first-order valence-corrected chi connectivity index (χ1v) is 6.94. The summed E-state index contributed by atoms with van der Waals surface area (Å²) in [5, 5.41) is 0. The molecule has 0 aliphatic heterocycles. The number of nitrogens with two attached hydrogens (primary N) is 1. The predicted molar refractivity (Wildman–Crippen MR) is 75.7 cm³/mol. The minimum atomic E-state index is -0.0751. The molecule has 1 aromatic rings. The van der Waals surface area contributed by atoms with E-state index in [2.05, 4.69) is 32.0 Å². The van der Waals surface area contributed by atoms with E-state index in [1.165, 1.54) is 36.0 Å². The number of ether oxygens (including phenoxy) is 1. The number of hydrogen-bond donors (Lipinski definition) is 1. The Morgan fingerprint density at radius 1 is 1.28 bits per heavy atom. The summed E-state index contributed by atoms with van der Waals surface area (Å²) in [6, 6.07) is 6.91. The van der Waals surface area contributed by atoms with Crippen molar-refractivity contribution in [2.24, 2.45) is 5.73 Å². The molecule has 1 aliphatic rings. The van der Waals surface area contributed by atoms with Crippen LogP contribution in [0.1, 0.15) is 55.8 Å². The van der Waals surface area contributed by atoms with Gasteiger partial charge in [0.1, 0.15) is 0 Å². The van der Waals surface area contributed by atoms with Gasteiger partial charge < -0.3 is 10.5 Å². The van der Waals surface area contributed by atoms with Crippen molar-refractivity contribution in [1.29, 1.82) is 0 Å². The predicted octanol–water partition coefficient (Wildman–Crippen LogP) is 3.38. The molecule has 0 saturated heterocycles. The van der Waals surface area contributed by atoms with Crippen LogP contribution in [0.2, 0.25) is 0 Å². The monoisotopic (exact) mass is 247 g/mol. The van der Waals surface area contributed by atoms with Gasteiger partial charge in [0.25, 0.3) is 0 Å². The van der Waals surface area contributed by atoms with Crippen LogP contribution in [-0.4, -0.2) is 12.7 Å². The van der Waals surface area contributed by atoms with Crippen LogP contribution in [0.3, 0.4) is 0 Å². The average molecular weight is 247 g/mol. The van der Waals surface area contributed by atoms with Gasteiger partial charge in [-0.05, 0) is 62.6 Å². The smallest absolute Gasteiger partial charge is 0.0623 e. The van der Waals surface area contributed by atoms with Crippen LogP contribution in [-0.2, 0) is 17.6 Å². The normalized spacial score (nSPS) is 16.7. The molecule has 18 heavy (non-hydrogen) atoms. The third-order valence-corrected chi connectivity index (χ3v) is 4.16. The van der Waals surface area contributed by atoms with E-state index < -0.39 is 0 Å². The van der Waals surface area contributed by atoms with Gasteiger partial charge in [-0.25, -0.2) is 0 Å². The SMILES string of the molecule is COC(C)(C)CCC(N)c1ccc2c(c1)CCC2. The number of benzene rings is 1. The number of rotatable bonds is 5. The fourth-order valence-electron chi connectivity index (χ4n) is 2.59. The summed E-state index contributed by atoms with van der Waals surface area (Å²) in [4.78, 5) is 0. The summed E-state index contributed by atoms with van der Waals surface area (Å²) in [5.74, 6) is 0. The molecule has 0 aromatic heterocycles. The van der Waals surface area contributed by atoms with Gasteiger partial charge in [-0.1, -0.05) is 18.2 Å². The van der Waals surface area contributed by atoms with Gasteiger partial charge in [-0.3, -0.25) is 0 Å². The lowest BCUT2D eigenvalue weighted by molar-refractivity contribution is 0.0125. The lowest BCUT2D eigenvalue weighted by atomic mass is 9.94. The summed E-state index contributed by atoms with van der Waals surface area (Å²) >= 11 is 0. The van der Waals surface area contributed by atoms with E-state index in [4.69, 9.17) is 10.5 Å². The van der Waals surface area contributed by atoms with Gasteiger partial charge in [-0.15, -0.1) is 0 Å². The second-order valence-corrected chi connectivity index (χ2v) is 5.99. The number of hydrogen-bond acceptors (Lipinski definition) is 2. The van der Waals surface area contributed by atoms with Crippen molar-refractivity contribution in [3.63, 3.8) is 0 Å². The van der Waals surface area contributed by atoms with Gasteiger partial charge in [0, 0.05) is 13.2 Å². The lowest BCUT2D eigenvalue weighted by Crippen LogP contribution is -2.24. The van der Waals surface area contributed by atoms with E-state index in [0.717, 1.165) is 12.8 Å². The minimum Gasteiger partial charge on any atom is -0.379 e. The van der Waals surface area contributed by atoms with Crippen molar-refractivity contribution in [3.05, 3.63) is 34.9 Å². The van der Waals surface area contributed by atoms with Crippen LogP contribution >= 0.6 is 0 Å². The highest BCUT2D eigenvalue weighted by Gasteiger charge is 2.19. The molecule has 0 heterocycles. The molecule has 0 spiro atoms. The number of methoxy groups -OCH3 is 1. The van der Waals surface area contributed by atoms with Gasteiger partial charge in [0.2, 0.25) is 0 Å². The zero-order valence-electron chi connectivity index (χ0n) is 11.8. The summed E-state index contributed by atoms with van der Waals surface area (Å²) < 4.78 is 5.44. The maximum Gasteiger partial charge on any atom is 0.0623 e. The second kappa shape index (κ2) is 5.41. The minimum absolute atomic E-state index is 0.0751. The number of fused-ring (bicyclic) bond motifs is 1. The average Bonchev–Trinajstić information content (AvgIpc) is 2.83. The van der Waals surface area contributed by atoms with E-state index in [1.54, 1.807) is 7.11 Å². The van der Waals surface area contributed by atoms with Gasteiger partial charge in [0.15, 0.2) is 0 Å². The zero-order valence-corrected chi connectivity index (χ0v) is 11.8. The molecule has 0 amide bonds. The molecule has 2 nitrogen and oxygen atoms in total. The molecule has 1 aliphatic carbocycles. The van der Waals surface area contributed by atoms with Crippen LogP contribution in [0.4, 0.5) is 0 Å². The quantitative estimate of drug-likeness (QED) is 0.865. The molecule has 2 heteroatoms. The van der Waals surface area contributed by atoms with Crippen LogP contribution in [0, 0.1) is 0 Å². The maximum absolute atomic E-state index is 6.30. The Hall–Kier alpha value is -0.860. The van der Waals surface area contributed by atoms with Crippen molar-refractivity contribution in [3.8, 4) is 0 Å². The van der Waals surface area contributed by atoms with E-state index in [0.29, 0.717) is 0 Å². The molecule has 0 saturated carbocycles. The summed E-state index contributed by atoms with van der Waals surface area (Å²) in [6.45, 7) is 4.23. The van der Waals surface area contributed by atoms with Gasteiger partial charge in [-0.2, -0.15) is 0 Å². The maximum atomic E-state index is 6.30. The summed E-state index contributed by atoms with van der Waals surface area (Å²) in [5.41, 5.74) is 10.5. The second-order valence-electron chi connectivity index (χ2n) is 5.99. The van der Waals surface area contributed by atoms with Crippen molar-refractivity contribution in [2.75, 3.05) is 7.11 Å². The van der Waals surface area contributed by atoms with Crippen LogP contribution < -0.4 is 5.73 Å². The molecule has 2 rings (SSSR count). The molecule has 2 N–H and O–H groups in total. The first-order valence-electron chi connectivity index (χ1n) is 6.94. The Morgan fingerprint density at radius 3 is 2.72 bits per heavy atom. The highest BCUT2D eigenvalue weighted by Crippen LogP contribution is 2.27. The molecular formula is C16H25NO. The van der Waals surface area contributed by atoms with E-state index in [-0.39, 0.29) is 11.6 Å². The topological polar surface area (TPSA) is 35.2 Å². The Bertz CT molecular complexity index is 412. The Labute approximate surface area is 111 Å². The zero-order chi connectivity index (χ0) is 13.2. The van der Waals surface area contributed by atoms with Crippen molar-refractivity contribution < 1.29 is 4.74 Å². The first-order chi connectivity index (χ1) is 8.52. The van der Waals surface area contributed by atoms with Crippen molar-refractivity contribution >= 4 is 0 Å². The van der Waals surface area contributed by atoms with Crippen LogP contribution in [0.15, 0.2) is 18.2 Å². The first kappa shape index (κ1) is 13.6. The van der Waals surface area contributed by atoms with Crippen molar-refractivity contribution in [1.82, 2.24) is 0 Å². The third-order valence-electron chi connectivity index (χ3n) is 4.16. The molecule has 1 unspecified atom stereocenters. The lowest BCUT2D eigenvalue weighted by Gasteiger charge is -2.24. The van der Waals surface area contributed by atoms with E-state index in [9.17, 15) is 0 Å². The molecular weight excluding hydrogens is 222 g/mol. The largest absolute Gasteiger partial charge is 0.379 e. The molecule has 100 valence electrons. The molecule has 0 fully saturated rings. The highest BCUT2D eigenvalue weighted by atomic mass is 16.5. The molecule has 0 radical (unpaired) electrons. The van der Waals surface area contributed by atoms with E-state index >= 15 is 0 Å². The van der Waals surface area contributed by atoms with Gasteiger partial charge in [0.05, 0.1) is 5.60 Å². The third kappa shape index (κ3) is 3.12. The Balaban J connectivity index is 1.99. The number of aryl methyl sites for hydroxylation is 2. The molecule has 0 bridgehead atoms. The Kier molecular flexibility index (Phi) is 4.08. The highest BCUT2D eigenvalue weighted by molar-refractivity contribution is 5.36. The standard InChI is InChI=1S/C16H25NO/c1-16(2,18-3)10-9-15(17)14-8-7-12-5-4-6-13(12)11-14/h7-8,11,15H,4-6,9-10,17H2,1-3H3. The van der Waals surface area contributed by atoms with Crippen LogP contribution in [0.25, 0.3) is 0 Å².